The van der Waals surface area contributed by atoms with E-state index in [2.05, 4.69) is 30.8 Å². The molecule has 2 bridgehead atoms. The van der Waals surface area contributed by atoms with Crippen LogP contribution in [0.25, 0.3) is 0 Å². The van der Waals surface area contributed by atoms with E-state index in [-0.39, 0.29) is 17.8 Å². The van der Waals surface area contributed by atoms with Crippen molar-refractivity contribution >= 4 is 5.91 Å². The first-order valence-electron chi connectivity index (χ1n) is 5.59. The van der Waals surface area contributed by atoms with Crippen LogP contribution in [0.4, 0.5) is 0 Å². The van der Waals surface area contributed by atoms with E-state index >= 15 is 0 Å². The summed E-state index contributed by atoms with van der Waals surface area (Å²) in [6.45, 7) is 3.28. The summed E-state index contributed by atoms with van der Waals surface area (Å²) in [6.07, 6.45) is 2.36. The lowest BCUT2D eigenvalue weighted by molar-refractivity contribution is 0.0615. The number of piperidine rings is 3. The molecule has 4 heterocycles. The van der Waals surface area contributed by atoms with Gasteiger partial charge in [-0.1, -0.05) is 0 Å². The third-order valence-electron chi connectivity index (χ3n) is 3.52. The molecule has 1 aromatic heterocycles. The number of tetrazole rings is 1. The SMILES string of the molecule is O=C(NC1CN2CCC1CC2)c1nn[nH]n1. The number of aromatic nitrogens is 4. The van der Waals surface area contributed by atoms with Crippen molar-refractivity contribution in [1.82, 2.24) is 30.8 Å². The van der Waals surface area contributed by atoms with Crippen molar-refractivity contribution in [1.29, 1.82) is 0 Å². The molecule has 0 saturated carbocycles. The first-order chi connectivity index (χ1) is 7.83. The molecule has 86 valence electrons. The van der Waals surface area contributed by atoms with E-state index in [1.165, 1.54) is 25.9 Å². The van der Waals surface area contributed by atoms with E-state index in [1.54, 1.807) is 0 Å². The van der Waals surface area contributed by atoms with E-state index in [0.29, 0.717) is 5.92 Å². The van der Waals surface area contributed by atoms with Gasteiger partial charge in [-0.25, -0.2) is 0 Å². The zero-order chi connectivity index (χ0) is 11.0. The van der Waals surface area contributed by atoms with Crippen LogP contribution in [0.2, 0.25) is 0 Å². The molecule has 2 N–H and O–H groups in total. The second-order valence-corrected chi connectivity index (χ2v) is 4.45. The van der Waals surface area contributed by atoms with Crippen molar-refractivity contribution in [2.24, 2.45) is 5.92 Å². The number of rotatable bonds is 2. The number of aromatic amines is 1. The Labute approximate surface area is 92.6 Å². The van der Waals surface area contributed by atoms with Crippen molar-refractivity contribution in [2.75, 3.05) is 19.6 Å². The molecule has 0 aliphatic carbocycles. The highest BCUT2D eigenvalue weighted by molar-refractivity contribution is 5.90. The number of nitrogens with one attached hydrogen (secondary N) is 2. The van der Waals surface area contributed by atoms with Gasteiger partial charge in [-0.2, -0.15) is 5.21 Å². The molecule has 0 spiro atoms. The minimum Gasteiger partial charge on any atom is -0.345 e. The number of carbonyl (C=O) groups excluding carboxylic acids is 1. The molecule has 1 atom stereocenters. The minimum atomic E-state index is -0.229. The van der Waals surface area contributed by atoms with Crippen LogP contribution in [0.3, 0.4) is 0 Å². The van der Waals surface area contributed by atoms with Crippen LogP contribution in [0.5, 0.6) is 0 Å². The van der Waals surface area contributed by atoms with E-state index in [0.717, 1.165) is 6.54 Å². The molecule has 7 heteroatoms. The standard InChI is InChI=1S/C9H14N6O/c16-9(8-11-13-14-12-8)10-7-5-15-3-1-6(7)2-4-15/h6-7H,1-5H2,(H,10,16)(H,11,12,13,14). The van der Waals surface area contributed by atoms with Gasteiger partial charge in [-0.3, -0.25) is 4.79 Å². The molecule has 3 aliphatic heterocycles. The van der Waals surface area contributed by atoms with E-state index in [4.69, 9.17) is 0 Å². The molecule has 0 radical (unpaired) electrons. The summed E-state index contributed by atoms with van der Waals surface area (Å²) in [5.74, 6) is 0.504. The Morgan fingerprint density at radius 2 is 2.25 bits per heavy atom. The Bertz CT molecular complexity index is 369. The maximum atomic E-state index is 11.7. The highest BCUT2D eigenvalue weighted by atomic mass is 16.2. The van der Waals surface area contributed by atoms with Crippen LogP contribution in [0, 0.1) is 5.92 Å². The molecule has 1 unspecified atom stereocenters. The summed E-state index contributed by atoms with van der Waals surface area (Å²) in [5.41, 5.74) is 0. The Kier molecular flexibility index (Phi) is 2.32. The van der Waals surface area contributed by atoms with Crippen molar-refractivity contribution < 1.29 is 4.79 Å². The van der Waals surface area contributed by atoms with E-state index in [1.807, 2.05) is 0 Å². The topological polar surface area (TPSA) is 86.8 Å². The number of hydrogen-bond acceptors (Lipinski definition) is 5. The Hall–Kier alpha value is -1.50. The van der Waals surface area contributed by atoms with Gasteiger partial charge in [-0.15, -0.1) is 10.2 Å². The highest BCUT2D eigenvalue weighted by Crippen LogP contribution is 2.27. The number of fused-ring (bicyclic) bond motifs is 3. The second kappa shape index (κ2) is 3.82. The zero-order valence-corrected chi connectivity index (χ0v) is 8.89. The van der Waals surface area contributed by atoms with Crippen LogP contribution < -0.4 is 5.32 Å². The average Bonchev–Trinajstić information content (AvgIpc) is 2.84. The van der Waals surface area contributed by atoms with Crippen molar-refractivity contribution in [3.8, 4) is 0 Å². The lowest BCUT2D eigenvalue weighted by atomic mass is 9.84. The maximum Gasteiger partial charge on any atom is 0.293 e. The van der Waals surface area contributed by atoms with Gasteiger partial charge in [0.15, 0.2) is 0 Å². The molecule has 3 aliphatic rings. The predicted octanol–water partition coefficient (Wildman–Crippen LogP) is -0.976. The molecule has 16 heavy (non-hydrogen) atoms. The molecule has 7 nitrogen and oxygen atoms in total. The lowest BCUT2D eigenvalue weighted by Gasteiger charge is -2.44. The molecule has 0 aromatic carbocycles. The summed E-state index contributed by atoms with van der Waals surface area (Å²) in [6, 6.07) is 0.244. The Morgan fingerprint density at radius 3 is 2.81 bits per heavy atom. The number of hydrogen-bond donors (Lipinski definition) is 2. The number of nitrogens with zero attached hydrogens (tertiary/aromatic N) is 4. The monoisotopic (exact) mass is 222 g/mol. The first kappa shape index (κ1) is 9.71. The molecule has 4 rings (SSSR count). The van der Waals surface area contributed by atoms with E-state index < -0.39 is 0 Å². The van der Waals surface area contributed by atoms with Crippen molar-refractivity contribution in [2.45, 2.75) is 18.9 Å². The fourth-order valence-corrected chi connectivity index (χ4v) is 2.62. The highest BCUT2D eigenvalue weighted by Gasteiger charge is 2.35. The lowest BCUT2D eigenvalue weighted by Crippen LogP contribution is -2.57. The normalized spacial score (nSPS) is 32.6. The minimum absolute atomic E-state index is 0.122. The fourth-order valence-electron chi connectivity index (χ4n) is 2.62. The number of carbonyl (C=O) groups is 1. The smallest absolute Gasteiger partial charge is 0.293 e. The summed E-state index contributed by atoms with van der Waals surface area (Å²) in [7, 11) is 0. The second-order valence-electron chi connectivity index (χ2n) is 4.45. The summed E-state index contributed by atoms with van der Waals surface area (Å²) in [5, 5.41) is 16.0. The van der Waals surface area contributed by atoms with Crippen LogP contribution in [-0.2, 0) is 0 Å². The largest absolute Gasteiger partial charge is 0.345 e. The third-order valence-corrected chi connectivity index (χ3v) is 3.52. The van der Waals surface area contributed by atoms with Crippen LogP contribution in [0.15, 0.2) is 0 Å². The molecule has 1 aromatic rings. The first-order valence-corrected chi connectivity index (χ1v) is 5.59. The van der Waals surface area contributed by atoms with Gasteiger partial charge in [0.25, 0.3) is 11.7 Å². The molecule has 3 fully saturated rings. The van der Waals surface area contributed by atoms with Crippen molar-refractivity contribution in [3.63, 3.8) is 0 Å². The predicted molar refractivity (Wildman–Crippen MR) is 54.6 cm³/mol. The van der Waals surface area contributed by atoms with Gasteiger partial charge >= 0.3 is 0 Å². The molecule has 1 amide bonds. The number of amides is 1. The van der Waals surface area contributed by atoms with Gasteiger partial charge in [-0.05, 0) is 37.1 Å². The summed E-state index contributed by atoms with van der Waals surface area (Å²) < 4.78 is 0. The number of H-pyrrole nitrogens is 1. The van der Waals surface area contributed by atoms with Crippen LogP contribution in [0.1, 0.15) is 23.5 Å². The van der Waals surface area contributed by atoms with Gasteiger partial charge in [0.1, 0.15) is 0 Å². The Morgan fingerprint density at radius 1 is 1.44 bits per heavy atom. The quantitative estimate of drug-likeness (QED) is 0.672. The zero-order valence-electron chi connectivity index (χ0n) is 8.89. The third kappa shape index (κ3) is 1.67. The van der Waals surface area contributed by atoms with Crippen LogP contribution >= 0.6 is 0 Å². The Balaban J connectivity index is 1.65. The average molecular weight is 222 g/mol. The van der Waals surface area contributed by atoms with Crippen molar-refractivity contribution in [3.05, 3.63) is 5.82 Å². The van der Waals surface area contributed by atoms with Gasteiger partial charge < -0.3 is 10.2 Å². The molecule has 3 saturated heterocycles. The van der Waals surface area contributed by atoms with Crippen LogP contribution in [-0.4, -0.2) is 57.1 Å². The molecular weight excluding hydrogens is 208 g/mol. The van der Waals surface area contributed by atoms with Gasteiger partial charge in [0.05, 0.1) is 0 Å². The fraction of sp³-hybridized carbons (Fsp3) is 0.778. The maximum absolute atomic E-state index is 11.7. The summed E-state index contributed by atoms with van der Waals surface area (Å²) >= 11 is 0. The van der Waals surface area contributed by atoms with Gasteiger partial charge in [0.2, 0.25) is 0 Å². The molecular formula is C9H14N6O. The van der Waals surface area contributed by atoms with Gasteiger partial charge in [0, 0.05) is 12.6 Å². The van der Waals surface area contributed by atoms with E-state index in [9.17, 15) is 4.79 Å². The summed E-state index contributed by atoms with van der Waals surface area (Å²) in [4.78, 5) is 14.1.